The predicted molar refractivity (Wildman–Crippen MR) is 80.8 cm³/mol. The first-order chi connectivity index (χ1) is 9.18. The molecule has 0 bridgehead atoms. The van der Waals surface area contributed by atoms with Crippen molar-refractivity contribution in [3.8, 4) is 0 Å². The Bertz CT molecular complexity index is 415. The predicted octanol–water partition coefficient (Wildman–Crippen LogP) is 5.66. The second-order valence-corrected chi connectivity index (χ2v) is 6.22. The smallest absolute Gasteiger partial charge is 0.168 e. The molecule has 1 aliphatic carbocycles. The lowest BCUT2D eigenvalue weighted by Crippen LogP contribution is -2.33. The molecule has 1 aliphatic rings. The Morgan fingerprint density at radius 1 is 1.16 bits per heavy atom. The summed E-state index contributed by atoms with van der Waals surface area (Å²) in [4.78, 5) is 12.9. The Morgan fingerprint density at radius 2 is 1.79 bits per heavy atom. The molecule has 0 radical (unpaired) electrons. The van der Waals surface area contributed by atoms with Gasteiger partial charge in [0.05, 0.1) is 0 Å². The molecule has 1 nitrogen and oxygen atoms in total. The van der Waals surface area contributed by atoms with Crippen LogP contribution in [0, 0.1) is 5.41 Å². The number of carbonyl (C=O) groups is 1. The summed E-state index contributed by atoms with van der Waals surface area (Å²) in [7, 11) is 0. The first kappa shape index (κ1) is 14.6. The zero-order chi connectivity index (χ0) is 13.7. The number of hydrogen-bond acceptors (Lipinski definition) is 1. The molecule has 0 saturated heterocycles. The van der Waals surface area contributed by atoms with Crippen LogP contribution in [0.2, 0.25) is 5.02 Å². The summed E-state index contributed by atoms with van der Waals surface area (Å²) >= 11 is 5.91. The minimum absolute atomic E-state index is 0.0951. The van der Waals surface area contributed by atoms with Gasteiger partial charge in [-0.05, 0) is 43.5 Å². The minimum atomic E-state index is -0.0951. The summed E-state index contributed by atoms with van der Waals surface area (Å²) < 4.78 is 0. The molecule has 0 aliphatic heterocycles. The van der Waals surface area contributed by atoms with E-state index in [9.17, 15) is 4.79 Å². The third-order valence-electron chi connectivity index (χ3n) is 4.41. The maximum Gasteiger partial charge on any atom is 0.168 e. The van der Waals surface area contributed by atoms with Crippen LogP contribution in [0.3, 0.4) is 0 Å². The average molecular weight is 279 g/mol. The van der Waals surface area contributed by atoms with Crippen LogP contribution in [0.4, 0.5) is 0 Å². The maximum atomic E-state index is 12.9. The highest BCUT2D eigenvalue weighted by Gasteiger charge is 2.38. The lowest BCUT2D eigenvalue weighted by Gasteiger charge is -2.36. The molecular formula is C17H23ClO. The number of benzene rings is 1. The molecule has 104 valence electrons. The molecular weight excluding hydrogens is 256 g/mol. The quantitative estimate of drug-likeness (QED) is 0.635. The summed E-state index contributed by atoms with van der Waals surface area (Å²) in [6, 6.07) is 7.41. The number of ketones is 1. The van der Waals surface area contributed by atoms with E-state index in [0.717, 1.165) is 37.7 Å². The summed E-state index contributed by atoms with van der Waals surface area (Å²) in [6.07, 6.45) is 9.16. The van der Waals surface area contributed by atoms with Crippen LogP contribution in [0.5, 0.6) is 0 Å². The van der Waals surface area contributed by atoms with Gasteiger partial charge in [-0.2, -0.15) is 0 Å². The van der Waals surface area contributed by atoms with E-state index in [1.54, 1.807) is 0 Å². The van der Waals surface area contributed by atoms with Crippen LogP contribution in [0.15, 0.2) is 24.3 Å². The normalized spacial score (nSPS) is 18.2. The Kier molecular flexibility index (Phi) is 5.04. The van der Waals surface area contributed by atoms with Gasteiger partial charge in [0.2, 0.25) is 0 Å². The van der Waals surface area contributed by atoms with Crippen molar-refractivity contribution in [2.45, 2.75) is 58.3 Å². The molecule has 19 heavy (non-hydrogen) atoms. The molecule has 0 unspecified atom stereocenters. The van der Waals surface area contributed by atoms with Gasteiger partial charge in [-0.1, -0.05) is 50.6 Å². The van der Waals surface area contributed by atoms with Gasteiger partial charge in [0, 0.05) is 16.0 Å². The van der Waals surface area contributed by atoms with Gasteiger partial charge < -0.3 is 0 Å². The molecule has 1 fully saturated rings. The molecule has 1 saturated carbocycles. The van der Waals surface area contributed by atoms with E-state index in [1.807, 2.05) is 24.3 Å². The third kappa shape index (κ3) is 3.39. The van der Waals surface area contributed by atoms with E-state index in [4.69, 9.17) is 11.6 Å². The van der Waals surface area contributed by atoms with Gasteiger partial charge >= 0.3 is 0 Å². The van der Waals surface area contributed by atoms with Crippen LogP contribution in [-0.2, 0) is 0 Å². The second-order valence-electron chi connectivity index (χ2n) is 5.78. The molecule has 0 N–H and O–H groups in total. The Balaban J connectivity index is 2.21. The number of carbonyl (C=O) groups excluding carboxylic acids is 1. The molecule has 1 aromatic carbocycles. The van der Waals surface area contributed by atoms with Crippen molar-refractivity contribution in [2.75, 3.05) is 0 Å². The van der Waals surface area contributed by atoms with E-state index in [-0.39, 0.29) is 5.41 Å². The van der Waals surface area contributed by atoms with E-state index < -0.39 is 0 Å². The fourth-order valence-electron chi connectivity index (χ4n) is 3.24. The van der Waals surface area contributed by atoms with Gasteiger partial charge in [-0.25, -0.2) is 0 Å². The molecule has 0 amide bonds. The number of halogens is 1. The molecule has 0 heterocycles. The summed E-state index contributed by atoms with van der Waals surface area (Å²) in [5, 5.41) is 0.697. The molecule has 0 atom stereocenters. The molecule has 1 aromatic rings. The molecule has 0 spiro atoms. The van der Waals surface area contributed by atoms with Crippen molar-refractivity contribution >= 4 is 17.4 Å². The maximum absolute atomic E-state index is 12.9. The van der Waals surface area contributed by atoms with Crippen LogP contribution < -0.4 is 0 Å². The fourth-order valence-corrected chi connectivity index (χ4v) is 3.37. The van der Waals surface area contributed by atoms with E-state index in [1.165, 1.54) is 19.3 Å². The SMILES string of the molecule is CCCCC1(C(=O)c2ccc(Cl)cc2)CCCCC1. The fraction of sp³-hybridized carbons (Fsp3) is 0.588. The number of hydrogen-bond donors (Lipinski definition) is 0. The number of Topliss-reactive ketones (excluding diaryl/α,β-unsaturated/α-hetero) is 1. The molecule has 2 heteroatoms. The van der Waals surface area contributed by atoms with Crippen molar-refractivity contribution in [1.29, 1.82) is 0 Å². The average Bonchev–Trinajstić information content (AvgIpc) is 2.46. The Hall–Kier alpha value is -0.820. The first-order valence-corrected chi connectivity index (χ1v) is 7.86. The number of unbranched alkanes of at least 4 members (excludes halogenated alkanes) is 1. The highest BCUT2D eigenvalue weighted by atomic mass is 35.5. The van der Waals surface area contributed by atoms with Crippen LogP contribution in [-0.4, -0.2) is 5.78 Å². The lowest BCUT2D eigenvalue weighted by atomic mass is 9.67. The van der Waals surface area contributed by atoms with Crippen LogP contribution in [0.1, 0.15) is 68.6 Å². The van der Waals surface area contributed by atoms with Crippen molar-refractivity contribution < 1.29 is 4.79 Å². The van der Waals surface area contributed by atoms with Gasteiger partial charge in [0.25, 0.3) is 0 Å². The third-order valence-corrected chi connectivity index (χ3v) is 4.66. The standard InChI is InChI=1S/C17H23ClO/c1-2-3-11-17(12-5-4-6-13-17)16(19)14-7-9-15(18)10-8-14/h7-10H,2-6,11-13H2,1H3. The highest BCUT2D eigenvalue weighted by Crippen LogP contribution is 2.43. The van der Waals surface area contributed by atoms with E-state index in [0.29, 0.717) is 10.8 Å². The highest BCUT2D eigenvalue weighted by molar-refractivity contribution is 6.30. The topological polar surface area (TPSA) is 17.1 Å². The van der Waals surface area contributed by atoms with E-state index in [2.05, 4.69) is 6.92 Å². The first-order valence-electron chi connectivity index (χ1n) is 7.48. The largest absolute Gasteiger partial charge is 0.294 e. The summed E-state index contributed by atoms with van der Waals surface area (Å²) in [6.45, 7) is 2.20. The zero-order valence-electron chi connectivity index (χ0n) is 11.8. The Labute approximate surface area is 121 Å². The summed E-state index contributed by atoms with van der Waals surface area (Å²) in [5.74, 6) is 0.345. The van der Waals surface area contributed by atoms with Crippen molar-refractivity contribution in [2.24, 2.45) is 5.41 Å². The molecule has 2 rings (SSSR count). The zero-order valence-corrected chi connectivity index (χ0v) is 12.5. The van der Waals surface area contributed by atoms with Crippen LogP contribution >= 0.6 is 11.6 Å². The molecule has 0 aromatic heterocycles. The van der Waals surface area contributed by atoms with Gasteiger partial charge in [0.1, 0.15) is 0 Å². The number of rotatable bonds is 5. The monoisotopic (exact) mass is 278 g/mol. The summed E-state index contributed by atoms with van der Waals surface area (Å²) in [5.41, 5.74) is 0.740. The van der Waals surface area contributed by atoms with Crippen molar-refractivity contribution in [3.63, 3.8) is 0 Å². The van der Waals surface area contributed by atoms with Gasteiger partial charge in [0.15, 0.2) is 5.78 Å². The van der Waals surface area contributed by atoms with Gasteiger partial charge in [-0.15, -0.1) is 0 Å². The van der Waals surface area contributed by atoms with Gasteiger partial charge in [-0.3, -0.25) is 4.79 Å². The second kappa shape index (κ2) is 6.56. The van der Waals surface area contributed by atoms with Crippen molar-refractivity contribution in [1.82, 2.24) is 0 Å². The van der Waals surface area contributed by atoms with E-state index >= 15 is 0 Å². The van der Waals surface area contributed by atoms with Crippen LogP contribution in [0.25, 0.3) is 0 Å². The minimum Gasteiger partial charge on any atom is -0.294 e. The van der Waals surface area contributed by atoms with Crippen molar-refractivity contribution in [3.05, 3.63) is 34.9 Å². The Morgan fingerprint density at radius 3 is 2.37 bits per heavy atom. The lowest BCUT2D eigenvalue weighted by molar-refractivity contribution is 0.0684.